The van der Waals surface area contributed by atoms with E-state index in [0.717, 1.165) is 16.8 Å². The van der Waals surface area contributed by atoms with Crippen molar-refractivity contribution >= 4 is 7.60 Å². The highest BCUT2D eigenvalue weighted by atomic mass is 31.2. The number of ether oxygens (including phenoxy) is 1. The van der Waals surface area contributed by atoms with Gasteiger partial charge in [0, 0.05) is 12.3 Å². The van der Waals surface area contributed by atoms with Gasteiger partial charge < -0.3 is 29.1 Å². The third-order valence-corrected chi connectivity index (χ3v) is 5.97. The number of nitrogens with one attached hydrogen (secondary N) is 1. The maximum Gasteiger partial charge on any atom is 0.333 e. The highest BCUT2D eigenvalue weighted by molar-refractivity contribution is 7.53. The molecule has 26 heavy (non-hydrogen) atoms. The predicted molar refractivity (Wildman–Crippen MR) is 89.0 cm³/mol. The average molecular weight is 394 g/mol. The molecule has 0 amide bonds. The first-order chi connectivity index (χ1) is 12.2. The van der Waals surface area contributed by atoms with Gasteiger partial charge in [-0.25, -0.2) is 4.79 Å². The van der Waals surface area contributed by atoms with Crippen LogP contribution in [0.3, 0.4) is 0 Å². The van der Waals surface area contributed by atoms with E-state index in [1.807, 2.05) is 4.98 Å². The number of rotatable bonds is 8. The standard InChI is InChI=1S/C14H23N2O9P/c1-3-23-26(22,24-4-2)7-8(17)12-10(19)11(20)13(25-12)16-6-5-9(18)15-14(16)21/h5-6,8,10-13,17,19-20H,3-4,7H2,1-2H3,(H,15,18,21)/t8-,10+,11+,12-,13-/m1/s1. The van der Waals surface area contributed by atoms with E-state index in [4.69, 9.17) is 13.8 Å². The summed E-state index contributed by atoms with van der Waals surface area (Å²) >= 11 is 0. The van der Waals surface area contributed by atoms with Crippen LogP contribution in [0.2, 0.25) is 0 Å². The number of hydrogen-bond donors (Lipinski definition) is 4. The largest absolute Gasteiger partial charge is 0.390 e. The Morgan fingerprint density at radius 2 is 1.88 bits per heavy atom. The molecule has 0 unspecified atom stereocenters. The molecule has 148 valence electrons. The quantitative estimate of drug-likeness (QED) is 0.396. The summed E-state index contributed by atoms with van der Waals surface area (Å²) in [5.41, 5.74) is -1.48. The number of aliphatic hydroxyl groups is 3. The molecule has 2 rings (SSSR count). The molecule has 12 heteroatoms. The van der Waals surface area contributed by atoms with Crippen LogP contribution < -0.4 is 11.2 Å². The van der Waals surface area contributed by atoms with Gasteiger partial charge in [0.05, 0.1) is 25.5 Å². The zero-order chi connectivity index (χ0) is 19.5. The van der Waals surface area contributed by atoms with Crippen LogP contribution in [0.15, 0.2) is 21.9 Å². The van der Waals surface area contributed by atoms with E-state index in [2.05, 4.69) is 0 Å². The summed E-state index contributed by atoms with van der Waals surface area (Å²) in [6.45, 7) is 3.41. The summed E-state index contributed by atoms with van der Waals surface area (Å²) in [4.78, 5) is 25.0. The summed E-state index contributed by atoms with van der Waals surface area (Å²) < 4.78 is 29.0. The Kier molecular flexibility index (Phi) is 6.92. The Hall–Kier alpha value is -1.33. The van der Waals surface area contributed by atoms with Crippen molar-refractivity contribution in [3.05, 3.63) is 33.1 Å². The highest BCUT2D eigenvalue weighted by Gasteiger charge is 2.48. The monoisotopic (exact) mass is 394 g/mol. The van der Waals surface area contributed by atoms with E-state index in [-0.39, 0.29) is 13.2 Å². The number of H-pyrrole nitrogens is 1. The molecule has 11 nitrogen and oxygen atoms in total. The lowest BCUT2D eigenvalue weighted by atomic mass is 10.1. The SMILES string of the molecule is CCOP(=O)(C[C@@H](O)[C@H]1O[C@@H](n2ccc(=O)[nH]c2=O)[C@@H](O)[C@@H]1O)OCC. The molecule has 1 aliphatic heterocycles. The molecule has 1 saturated heterocycles. The fourth-order valence-electron chi connectivity index (χ4n) is 2.73. The van der Waals surface area contributed by atoms with Crippen molar-refractivity contribution in [1.29, 1.82) is 0 Å². The van der Waals surface area contributed by atoms with Crippen molar-refractivity contribution in [2.45, 2.75) is 44.5 Å². The molecule has 0 aliphatic carbocycles. The normalized spacial score (nSPS) is 27.6. The minimum Gasteiger partial charge on any atom is -0.390 e. The molecule has 0 spiro atoms. The Balaban J connectivity index is 2.19. The zero-order valence-electron chi connectivity index (χ0n) is 14.3. The molecule has 1 aromatic heterocycles. The summed E-state index contributed by atoms with van der Waals surface area (Å²) in [5.74, 6) is 0. The van der Waals surface area contributed by atoms with E-state index in [0.29, 0.717) is 0 Å². The summed E-state index contributed by atoms with van der Waals surface area (Å²) in [6.07, 6.45) is -6.66. The van der Waals surface area contributed by atoms with Crippen molar-refractivity contribution < 1.29 is 33.7 Å². The molecule has 4 N–H and O–H groups in total. The lowest BCUT2D eigenvalue weighted by Crippen LogP contribution is -2.41. The number of aliphatic hydroxyl groups excluding tert-OH is 3. The fraction of sp³-hybridized carbons (Fsp3) is 0.714. The number of hydrogen-bond acceptors (Lipinski definition) is 9. The van der Waals surface area contributed by atoms with E-state index in [1.165, 1.54) is 0 Å². The van der Waals surface area contributed by atoms with Crippen molar-refractivity contribution in [3.63, 3.8) is 0 Å². The Bertz CT molecular complexity index is 753. The van der Waals surface area contributed by atoms with Gasteiger partial charge in [0.1, 0.15) is 18.3 Å². The molecular formula is C14H23N2O9P. The van der Waals surface area contributed by atoms with Crippen molar-refractivity contribution in [3.8, 4) is 0 Å². The Labute approximate surface area is 148 Å². The molecule has 2 heterocycles. The van der Waals surface area contributed by atoms with Gasteiger partial charge in [-0.1, -0.05) is 0 Å². The maximum absolute atomic E-state index is 12.5. The second-order valence-corrected chi connectivity index (χ2v) is 7.79. The molecule has 0 saturated carbocycles. The van der Waals surface area contributed by atoms with Crippen LogP contribution in [0.1, 0.15) is 20.1 Å². The average Bonchev–Trinajstić information content (AvgIpc) is 2.84. The summed E-state index contributed by atoms with van der Waals surface area (Å²) in [7, 11) is -3.62. The van der Waals surface area contributed by atoms with Crippen LogP contribution in [0.25, 0.3) is 0 Å². The van der Waals surface area contributed by atoms with Crippen LogP contribution in [0.4, 0.5) is 0 Å². The van der Waals surface area contributed by atoms with Crippen LogP contribution >= 0.6 is 7.60 Å². The van der Waals surface area contributed by atoms with Gasteiger partial charge in [0.15, 0.2) is 6.23 Å². The molecule has 1 fully saturated rings. The smallest absolute Gasteiger partial charge is 0.333 e. The van der Waals surface area contributed by atoms with Crippen LogP contribution in [-0.2, 0) is 18.3 Å². The lowest BCUT2D eigenvalue weighted by molar-refractivity contribution is -0.0806. The highest BCUT2D eigenvalue weighted by Crippen LogP contribution is 2.49. The molecule has 1 aromatic rings. The van der Waals surface area contributed by atoms with E-state index in [1.54, 1.807) is 13.8 Å². The van der Waals surface area contributed by atoms with Crippen LogP contribution in [0.5, 0.6) is 0 Å². The van der Waals surface area contributed by atoms with Crippen LogP contribution in [-0.4, -0.2) is 68.7 Å². The first-order valence-electron chi connectivity index (χ1n) is 8.11. The van der Waals surface area contributed by atoms with Gasteiger partial charge in [0.25, 0.3) is 5.56 Å². The third-order valence-electron chi connectivity index (χ3n) is 3.84. The summed E-state index contributed by atoms with van der Waals surface area (Å²) in [5, 5.41) is 30.7. The molecule has 0 bridgehead atoms. The van der Waals surface area contributed by atoms with E-state index in [9.17, 15) is 29.5 Å². The topological polar surface area (TPSA) is 160 Å². The first-order valence-corrected chi connectivity index (χ1v) is 9.84. The summed E-state index contributed by atoms with van der Waals surface area (Å²) in [6, 6.07) is 1.05. The number of nitrogens with zero attached hydrogens (tertiary/aromatic N) is 1. The van der Waals surface area contributed by atoms with Crippen molar-refractivity contribution in [1.82, 2.24) is 9.55 Å². The molecule has 0 radical (unpaired) electrons. The minimum atomic E-state index is -3.62. The van der Waals surface area contributed by atoms with Gasteiger partial charge in [-0.3, -0.25) is 18.9 Å². The second kappa shape index (κ2) is 8.57. The number of aromatic amines is 1. The van der Waals surface area contributed by atoms with E-state index < -0.39 is 55.7 Å². The predicted octanol–water partition coefficient (Wildman–Crippen LogP) is -1.22. The van der Waals surface area contributed by atoms with Gasteiger partial charge in [0.2, 0.25) is 0 Å². The first kappa shape index (κ1) is 21.0. The van der Waals surface area contributed by atoms with E-state index >= 15 is 0 Å². The maximum atomic E-state index is 12.5. The van der Waals surface area contributed by atoms with Crippen molar-refractivity contribution in [2.24, 2.45) is 0 Å². The van der Waals surface area contributed by atoms with Gasteiger partial charge in [-0.05, 0) is 13.8 Å². The van der Waals surface area contributed by atoms with Gasteiger partial charge in [-0.2, -0.15) is 0 Å². The molecule has 1 aliphatic rings. The Morgan fingerprint density at radius 3 is 2.42 bits per heavy atom. The molecule has 0 aromatic carbocycles. The van der Waals surface area contributed by atoms with Crippen molar-refractivity contribution in [2.75, 3.05) is 19.4 Å². The van der Waals surface area contributed by atoms with Crippen LogP contribution in [0, 0.1) is 0 Å². The van der Waals surface area contributed by atoms with Gasteiger partial charge in [-0.15, -0.1) is 0 Å². The fourth-order valence-corrected chi connectivity index (χ4v) is 4.47. The molecule has 5 atom stereocenters. The lowest BCUT2D eigenvalue weighted by Gasteiger charge is -2.25. The van der Waals surface area contributed by atoms with Gasteiger partial charge >= 0.3 is 13.3 Å². The second-order valence-electron chi connectivity index (χ2n) is 5.69. The number of aromatic nitrogens is 2. The minimum absolute atomic E-state index is 0.0934. The third kappa shape index (κ3) is 4.49. The molecular weight excluding hydrogens is 371 g/mol. The Morgan fingerprint density at radius 1 is 1.27 bits per heavy atom. The zero-order valence-corrected chi connectivity index (χ0v) is 15.2.